The molecule has 4 rings (SSSR count). The van der Waals surface area contributed by atoms with Crippen LogP contribution in [0.4, 0.5) is 5.69 Å². The SMILES string of the molecule is COC(=O)C1=C(C)N(Cc2ccc(C)cc2)C(=O)/C1=C\c1ccc(OCC(=O)Nc2ccc(OC)cc2)cc1. The van der Waals surface area contributed by atoms with Crippen LogP contribution in [0, 0.1) is 6.92 Å². The van der Waals surface area contributed by atoms with Crippen molar-refractivity contribution in [2.75, 3.05) is 26.1 Å². The van der Waals surface area contributed by atoms with Crippen LogP contribution in [0.3, 0.4) is 0 Å². The van der Waals surface area contributed by atoms with Gasteiger partial charge in [-0.25, -0.2) is 4.79 Å². The Kier molecular flexibility index (Phi) is 8.46. The molecule has 0 aromatic heterocycles. The predicted molar refractivity (Wildman–Crippen MR) is 148 cm³/mol. The van der Waals surface area contributed by atoms with Gasteiger partial charge in [-0.3, -0.25) is 9.59 Å². The van der Waals surface area contributed by atoms with E-state index in [4.69, 9.17) is 14.2 Å². The molecular weight excluding hydrogens is 496 g/mol. The van der Waals surface area contributed by atoms with E-state index in [1.165, 1.54) is 7.11 Å². The Morgan fingerprint density at radius 3 is 2.13 bits per heavy atom. The fourth-order valence-electron chi connectivity index (χ4n) is 4.14. The van der Waals surface area contributed by atoms with Gasteiger partial charge in [0, 0.05) is 11.4 Å². The lowest BCUT2D eigenvalue weighted by atomic mass is 10.0. The van der Waals surface area contributed by atoms with E-state index in [9.17, 15) is 14.4 Å². The molecule has 0 bridgehead atoms. The van der Waals surface area contributed by atoms with Crippen molar-refractivity contribution < 1.29 is 28.6 Å². The Morgan fingerprint density at radius 2 is 1.51 bits per heavy atom. The summed E-state index contributed by atoms with van der Waals surface area (Å²) in [6, 6.07) is 21.8. The van der Waals surface area contributed by atoms with Crippen LogP contribution in [0.2, 0.25) is 0 Å². The minimum absolute atomic E-state index is 0.173. The van der Waals surface area contributed by atoms with E-state index in [1.807, 2.05) is 31.2 Å². The van der Waals surface area contributed by atoms with E-state index in [2.05, 4.69) is 5.32 Å². The van der Waals surface area contributed by atoms with Gasteiger partial charge in [0.1, 0.15) is 11.5 Å². The van der Waals surface area contributed by atoms with Crippen LogP contribution in [-0.2, 0) is 25.7 Å². The summed E-state index contributed by atoms with van der Waals surface area (Å²) in [5, 5.41) is 2.76. The zero-order valence-electron chi connectivity index (χ0n) is 22.3. The van der Waals surface area contributed by atoms with Gasteiger partial charge in [-0.05, 0) is 67.4 Å². The molecule has 2 amide bonds. The number of hydrogen-bond donors (Lipinski definition) is 1. The number of nitrogens with zero attached hydrogens (tertiary/aromatic N) is 1. The Hall–Kier alpha value is -4.85. The quantitative estimate of drug-likeness (QED) is 0.315. The van der Waals surface area contributed by atoms with Crippen molar-refractivity contribution in [2.24, 2.45) is 0 Å². The molecule has 1 heterocycles. The zero-order chi connectivity index (χ0) is 27.9. The van der Waals surface area contributed by atoms with Gasteiger partial charge < -0.3 is 24.4 Å². The first-order valence-electron chi connectivity index (χ1n) is 12.3. The summed E-state index contributed by atoms with van der Waals surface area (Å²) in [7, 11) is 2.87. The summed E-state index contributed by atoms with van der Waals surface area (Å²) < 4.78 is 15.7. The maximum Gasteiger partial charge on any atom is 0.340 e. The molecular formula is C31H30N2O6. The lowest BCUT2D eigenvalue weighted by Gasteiger charge is -2.18. The molecule has 3 aromatic rings. The minimum atomic E-state index is -0.568. The van der Waals surface area contributed by atoms with Gasteiger partial charge >= 0.3 is 5.97 Å². The van der Waals surface area contributed by atoms with E-state index in [-0.39, 0.29) is 29.6 Å². The summed E-state index contributed by atoms with van der Waals surface area (Å²) in [5.41, 5.74) is 4.45. The van der Waals surface area contributed by atoms with Crippen LogP contribution in [0.1, 0.15) is 23.6 Å². The summed E-state index contributed by atoms with van der Waals surface area (Å²) in [5.74, 6) is 0.0351. The van der Waals surface area contributed by atoms with Crippen LogP contribution in [-0.4, -0.2) is 43.5 Å². The van der Waals surface area contributed by atoms with E-state index >= 15 is 0 Å². The van der Waals surface area contributed by atoms with Crippen molar-refractivity contribution >= 4 is 29.5 Å². The van der Waals surface area contributed by atoms with Crippen LogP contribution in [0.15, 0.2) is 89.6 Å². The highest BCUT2D eigenvalue weighted by Crippen LogP contribution is 2.33. The third-order valence-electron chi connectivity index (χ3n) is 6.30. The Balaban J connectivity index is 1.45. The zero-order valence-corrected chi connectivity index (χ0v) is 22.3. The minimum Gasteiger partial charge on any atom is -0.497 e. The molecule has 0 saturated carbocycles. The maximum absolute atomic E-state index is 13.4. The Labute approximate surface area is 227 Å². The molecule has 0 saturated heterocycles. The number of anilines is 1. The Morgan fingerprint density at radius 1 is 0.872 bits per heavy atom. The predicted octanol–water partition coefficient (Wildman–Crippen LogP) is 4.89. The highest BCUT2D eigenvalue weighted by atomic mass is 16.5. The highest BCUT2D eigenvalue weighted by molar-refractivity contribution is 6.16. The van der Waals surface area contributed by atoms with E-state index in [1.54, 1.807) is 73.5 Å². The number of allylic oxidation sites excluding steroid dienone is 1. The third kappa shape index (κ3) is 6.54. The number of ether oxygens (including phenoxy) is 3. The molecule has 200 valence electrons. The number of benzene rings is 3. The smallest absolute Gasteiger partial charge is 0.340 e. The normalized spacial score (nSPS) is 14.0. The number of esters is 1. The number of nitrogens with one attached hydrogen (secondary N) is 1. The van der Waals surface area contributed by atoms with Gasteiger partial charge in [-0.15, -0.1) is 0 Å². The van der Waals surface area contributed by atoms with Crippen molar-refractivity contribution in [1.82, 2.24) is 4.90 Å². The monoisotopic (exact) mass is 526 g/mol. The number of rotatable bonds is 9. The first kappa shape index (κ1) is 27.2. The summed E-state index contributed by atoms with van der Waals surface area (Å²) in [6.07, 6.45) is 1.66. The highest BCUT2D eigenvalue weighted by Gasteiger charge is 2.36. The molecule has 0 spiro atoms. The molecule has 0 aliphatic carbocycles. The number of amides is 2. The second-order valence-electron chi connectivity index (χ2n) is 9.02. The molecule has 8 heteroatoms. The van der Waals surface area contributed by atoms with Crippen molar-refractivity contribution in [3.63, 3.8) is 0 Å². The van der Waals surface area contributed by atoms with Gasteiger partial charge in [-0.1, -0.05) is 42.0 Å². The summed E-state index contributed by atoms with van der Waals surface area (Å²) in [4.78, 5) is 39.8. The van der Waals surface area contributed by atoms with E-state index in [0.717, 1.165) is 11.1 Å². The van der Waals surface area contributed by atoms with Crippen molar-refractivity contribution in [1.29, 1.82) is 0 Å². The molecule has 1 aliphatic heterocycles. The molecule has 8 nitrogen and oxygen atoms in total. The van der Waals surface area contributed by atoms with Crippen molar-refractivity contribution in [2.45, 2.75) is 20.4 Å². The van der Waals surface area contributed by atoms with Gasteiger partial charge in [-0.2, -0.15) is 0 Å². The number of carbonyl (C=O) groups is 3. The molecule has 0 atom stereocenters. The van der Waals surface area contributed by atoms with Gasteiger partial charge in [0.2, 0.25) is 0 Å². The van der Waals surface area contributed by atoms with Crippen LogP contribution in [0.25, 0.3) is 6.08 Å². The fraction of sp³-hybridized carbons (Fsp3) is 0.194. The maximum atomic E-state index is 13.4. The van der Waals surface area contributed by atoms with Crippen molar-refractivity contribution in [3.8, 4) is 11.5 Å². The van der Waals surface area contributed by atoms with E-state index in [0.29, 0.717) is 35.0 Å². The molecule has 1 aliphatic rings. The van der Waals surface area contributed by atoms with Gasteiger partial charge in [0.05, 0.1) is 31.9 Å². The first-order valence-corrected chi connectivity index (χ1v) is 12.3. The number of hydrogen-bond acceptors (Lipinski definition) is 6. The summed E-state index contributed by atoms with van der Waals surface area (Å²) in [6.45, 7) is 3.91. The van der Waals surface area contributed by atoms with Gasteiger partial charge in [0.25, 0.3) is 11.8 Å². The second kappa shape index (κ2) is 12.1. The average Bonchev–Trinajstić information content (AvgIpc) is 3.17. The number of methoxy groups -OCH3 is 2. The molecule has 0 fully saturated rings. The molecule has 0 unspecified atom stereocenters. The molecule has 39 heavy (non-hydrogen) atoms. The largest absolute Gasteiger partial charge is 0.497 e. The van der Waals surface area contributed by atoms with E-state index < -0.39 is 5.97 Å². The number of carbonyl (C=O) groups excluding carboxylic acids is 3. The first-order chi connectivity index (χ1) is 18.8. The Bertz CT molecular complexity index is 1420. The lowest BCUT2D eigenvalue weighted by molar-refractivity contribution is -0.136. The topological polar surface area (TPSA) is 94.2 Å². The standard InChI is InChI=1S/C31H30N2O6/c1-20-5-7-23(8-6-20)18-33-21(2)29(31(36)38-4)27(30(33)35)17-22-9-13-26(14-10-22)39-19-28(34)32-24-11-15-25(37-3)16-12-24/h5-17H,18-19H2,1-4H3,(H,32,34)/b27-17-. The third-order valence-corrected chi connectivity index (χ3v) is 6.30. The average molecular weight is 527 g/mol. The van der Waals surface area contributed by atoms with Crippen LogP contribution >= 0.6 is 0 Å². The lowest BCUT2D eigenvalue weighted by Crippen LogP contribution is -2.24. The molecule has 0 radical (unpaired) electrons. The van der Waals surface area contributed by atoms with Crippen LogP contribution in [0.5, 0.6) is 11.5 Å². The van der Waals surface area contributed by atoms with Crippen molar-refractivity contribution in [3.05, 3.63) is 106 Å². The fourth-order valence-corrected chi connectivity index (χ4v) is 4.14. The van der Waals surface area contributed by atoms with Gasteiger partial charge in [0.15, 0.2) is 6.61 Å². The summed E-state index contributed by atoms with van der Waals surface area (Å²) >= 11 is 0. The molecule has 3 aromatic carbocycles. The number of aryl methyl sites for hydroxylation is 1. The van der Waals surface area contributed by atoms with Crippen LogP contribution < -0.4 is 14.8 Å². The second-order valence-corrected chi connectivity index (χ2v) is 9.02. The molecule has 1 N–H and O–H groups in total.